The highest BCUT2D eigenvalue weighted by atomic mass is 127. The van der Waals surface area contributed by atoms with Crippen LogP contribution in [0.1, 0.15) is 26.2 Å². The van der Waals surface area contributed by atoms with Crippen LogP contribution in [0.25, 0.3) is 0 Å². The maximum atomic E-state index is 2.42. The summed E-state index contributed by atoms with van der Waals surface area (Å²) in [7, 11) is 0. The molecule has 1 atom stereocenters. The number of rotatable bonds is 0. The predicted octanol–water partition coefficient (Wildman–Crippen LogP) is 2.79. The Hall–Kier alpha value is 1.17. The first kappa shape index (κ1) is 10.2. The second-order valence-electron chi connectivity index (χ2n) is 2.47. The lowest BCUT2D eigenvalue weighted by Gasteiger charge is -2.26. The van der Waals surface area contributed by atoms with Crippen molar-refractivity contribution in [1.29, 1.82) is 0 Å². The van der Waals surface area contributed by atoms with Gasteiger partial charge in [0.05, 0.1) is 0 Å². The van der Waals surface area contributed by atoms with Crippen molar-refractivity contribution in [3.05, 3.63) is 0 Å². The first-order valence-electron chi connectivity index (χ1n) is 3.23. The monoisotopic (exact) mass is 305 g/mol. The van der Waals surface area contributed by atoms with Crippen LogP contribution in [-0.4, -0.2) is 15.7 Å². The van der Waals surface area contributed by atoms with Gasteiger partial charge in [-0.25, -0.2) is 3.11 Å². The van der Waals surface area contributed by atoms with Crippen molar-refractivity contribution in [2.75, 3.05) is 6.54 Å². The third-order valence-electron chi connectivity index (χ3n) is 1.72. The molecule has 9 heavy (non-hydrogen) atoms. The van der Waals surface area contributed by atoms with Crippen LogP contribution in [-0.2, 0) is 0 Å². The molecule has 56 valence electrons. The summed E-state index contributed by atoms with van der Waals surface area (Å²) in [4.78, 5) is 0. The molecule has 1 nitrogen and oxygen atoms in total. The topological polar surface area (TPSA) is 3.24 Å². The van der Waals surface area contributed by atoms with Crippen LogP contribution in [0.3, 0.4) is 0 Å². The largest absolute Gasteiger partial charge is 0.245 e. The third kappa shape index (κ3) is 3.18. The fourth-order valence-electron chi connectivity index (χ4n) is 1.06. The van der Waals surface area contributed by atoms with Gasteiger partial charge in [-0.2, -0.15) is 0 Å². The molecule has 1 aliphatic rings. The Morgan fingerprint density at radius 2 is 2.11 bits per heavy atom. The Balaban J connectivity index is 0.000000640. The minimum Gasteiger partial charge on any atom is -0.245 e. The molecule has 1 aliphatic heterocycles. The summed E-state index contributed by atoms with van der Waals surface area (Å²) < 4.78 is 2.40. The molecule has 0 aliphatic carbocycles. The highest BCUT2D eigenvalue weighted by molar-refractivity contribution is 14.1. The van der Waals surface area contributed by atoms with E-state index in [0.29, 0.717) is 0 Å². The molecule has 1 heterocycles. The van der Waals surface area contributed by atoms with E-state index in [1.54, 1.807) is 0 Å². The van der Waals surface area contributed by atoms with E-state index >= 15 is 0 Å². The van der Waals surface area contributed by atoms with Gasteiger partial charge in [0, 0.05) is 35.5 Å². The van der Waals surface area contributed by atoms with Crippen LogP contribution in [0, 0.1) is 0 Å². The molecule has 0 N–H and O–H groups in total. The van der Waals surface area contributed by atoms with Crippen molar-refractivity contribution in [3.8, 4) is 0 Å². The molecule has 0 saturated carbocycles. The summed E-state index contributed by atoms with van der Waals surface area (Å²) >= 11 is 2.42. The van der Waals surface area contributed by atoms with Crippen molar-refractivity contribution in [3.63, 3.8) is 0 Å². The Morgan fingerprint density at radius 3 is 2.44 bits per heavy atom. The second-order valence-corrected chi connectivity index (χ2v) is 3.71. The summed E-state index contributed by atoms with van der Waals surface area (Å²) in [6, 6.07) is 0.823. The summed E-state index contributed by atoms with van der Waals surface area (Å²) in [6.07, 6.45) is 4.22. The van der Waals surface area contributed by atoms with Crippen LogP contribution < -0.4 is 0 Å². The quantitative estimate of drug-likeness (QED) is 0.491. The molecule has 1 saturated heterocycles. The molecule has 0 spiro atoms. The molecular formula is C6H13BrIN. The van der Waals surface area contributed by atoms with Crippen molar-refractivity contribution >= 4 is 39.8 Å². The number of piperidine rings is 1. The van der Waals surface area contributed by atoms with Crippen molar-refractivity contribution in [2.45, 2.75) is 32.2 Å². The average Bonchev–Trinajstić information content (AvgIpc) is 1.77. The van der Waals surface area contributed by atoms with Crippen LogP contribution in [0.15, 0.2) is 0 Å². The van der Waals surface area contributed by atoms with Crippen LogP contribution >= 0.6 is 39.8 Å². The fourth-order valence-corrected chi connectivity index (χ4v) is 1.68. The van der Waals surface area contributed by atoms with Gasteiger partial charge in [0.2, 0.25) is 0 Å². The zero-order chi connectivity index (χ0) is 5.98. The fraction of sp³-hybridized carbons (Fsp3) is 1.00. The van der Waals surface area contributed by atoms with Crippen LogP contribution in [0.2, 0.25) is 0 Å². The highest BCUT2D eigenvalue weighted by Gasteiger charge is 2.13. The van der Waals surface area contributed by atoms with Gasteiger partial charge in [0.1, 0.15) is 0 Å². The van der Waals surface area contributed by atoms with E-state index in [9.17, 15) is 0 Å². The van der Waals surface area contributed by atoms with E-state index < -0.39 is 0 Å². The van der Waals surface area contributed by atoms with E-state index in [1.807, 2.05) is 0 Å². The summed E-state index contributed by atoms with van der Waals surface area (Å²) in [5.41, 5.74) is 0. The second kappa shape index (κ2) is 4.91. The molecule has 0 radical (unpaired) electrons. The molecule has 1 fully saturated rings. The summed E-state index contributed by atoms with van der Waals surface area (Å²) in [5.74, 6) is 0. The standard InChI is InChI=1S/C6H12IN.BrH/c1-6-4-2-3-5-8(6)7;/h6H,2-5H2,1H3;1H. The van der Waals surface area contributed by atoms with Crippen molar-refractivity contribution < 1.29 is 0 Å². The molecule has 0 aromatic rings. The van der Waals surface area contributed by atoms with E-state index in [-0.39, 0.29) is 17.0 Å². The lowest BCUT2D eigenvalue weighted by Crippen LogP contribution is -2.28. The first-order chi connectivity index (χ1) is 3.80. The van der Waals surface area contributed by atoms with Gasteiger partial charge in [-0.05, 0) is 19.8 Å². The van der Waals surface area contributed by atoms with E-state index in [2.05, 4.69) is 32.9 Å². The molecule has 0 aromatic carbocycles. The smallest absolute Gasteiger partial charge is 0.0204 e. The molecular weight excluding hydrogens is 293 g/mol. The van der Waals surface area contributed by atoms with Gasteiger partial charge < -0.3 is 0 Å². The number of halogens is 2. The Labute approximate surface area is 81.4 Å². The van der Waals surface area contributed by atoms with Gasteiger partial charge in [0.15, 0.2) is 0 Å². The predicted molar refractivity (Wildman–Crippen MR) is 54.4 cm³/mol. The van der Waals surface area contributed by atoms with Crippen molar-refractivity contribution in [1.82, 2.24) is 3.11 Å². The minimum atomic E-state index is 0. The van der Waals surface area contributed by atoms with Crippen molar-refractivity contribution in [2.24, 2.45) is 0 Å². The third-order valence-corrected chi connectivity index (χ3v) is 3.16. The average molecular weight is 306 g/mol. The molecule has 3 heteroatoms. The van der Waals surface area contributed by atoms with Gasteiger partial charge >= 0.3 is 0 Å². The first-order valence-corrected chi connectivity index (χ1v) is 4.19. The zero-order valence-electron chi connectivity index (χ0n) is 5.64. The molecule has 0 amide bonds. The zero-order valence-corrected chi connectivity index (χ0v) is 9.51. The molecule has 1 unspecified atom stereocenters. The lowest BCUT2D eigenvalue weighted by molar-refractivity contribution is 0.317. The summed E-state index contributed by atoms with van der Waals surface area (Å²) in [6.45, 7) is 3.59. The van der Waals surface area contributed by atoms with E-state index in [4.69, 9.17) is 0 Å². The van der Waals surface area contributed by atoms with Crippen LogP contribution in [0.4, 0.5) is 0 Å². The van der Waals surface area contributed by atoms with Crippen LogP contribution in [0.5, 0.6) is 0 Å². The number of hydrogen-bond acceptors (Lipinski definition) is 1. The van der Waals surface area contributed by atoms with E-state index in [1.165, 1.54) is 25.8 Å². The Bertz CT molecular complexity index is 69.5. The SMILES string of the molecule is Br.CC1CCCCN1I. The highest BCUT2D eigenvalue weighted by Crippen LogP contribution is 2.19. The van der Waals surface area contributed by atoms with Gasteiger partial charge in [-0.1, -0.05) is 6.42 Å². The van der Waals surface area contributed by atoms with Gasteiger partial charge in [-0.3, -0.25) is 0 Å². The minimum absolute atomic E-state index is 0. The maximum absolute atomic E-state index is 2.42. The maximum Gasteiger partial charge on any atom is 0.0204 e. The van der Waals surface area contributed by atoms with Gasteiger partial charge in [0.25, 0.3) is 0 Å². The van der Waals surface area contributed by atoms with E-state index in [0.717, 1.165) is 6.04 Å². The molecule has 0 bridgehead atoms. The Kier molecular flexibility index (Phi) is 5.54. The molecule has 1 rings (SSSR count). The normalized spacial score (nSPS) is 29.3. The number of hydrogen-bond donors (Lipinski definition) is 0. The number of nitrogens with zero attached hydrogens (tertiary/aromatic N) is 1. The Morgan fingerprint density at radius 1 is 1.44 bits per heavy atom. The molecule has 0 aromatic heterocycles. The lowest BCUT2D eigenvalue weighted by atomic mass is 10.1. The summed E-state index contributed by atoms with van der Waals surface area (Å²) in [5, 5.41) is 0. The van der Waals surface area contributed by atoms with Gasteiger partial charge in [-0.15, -0.1) is 17.0 Å².